The van der Waals surface area contributed by atoms with Gasteiger partial charge >= 0.3 is 0 Å². The van der Waals surface area contributed by atoms with Crippen LogP contribution >= 0.6 is 0 Å². The molecule has 0 rings (SSSR count). The van der Waals surface area contributed by atoms with Gasteiger partial charge in [-0.25, -0.2) is 0 Å². The van der Waals surface area contributed by atoms with Crippen LogP contribution in [0.2, 0.25) is 0 Å². The van der Waals surface area contributed by atoms with Crippen molar-refractivity contribution in [2.24, 2.45) is 0 Å². The van der Waals surface area contributed by atoms with E-state index in [0.717, 1.165) is 6.61 Å². The number of aliphatic hydroxyl groups excluding tert-OH is 1. The zero-order chi connectivity index (χ0) is 8.95. The molecule has 0 saturated carbocycles. The second-order valence-electron chi connectivity index (χ2n) is 1.53. The normalized spacial score (nSPS) is 8.55. The first-order chi connectivity index (χ1) is 5.41. The molecular weight excluding hydrogens is 144 g/mol. The summed E-state index contributed by atoms with van der Waals surface area (Å²) in [6, 6.07) is 0. The lowest BCUT2D eigenvalue weighted by molar-refractivity contribution is 0.0370. The topological polar surface area (TPSA) is 38.7 Å². The van der Waals surface area contributed by atoms with Crippen LogP contribution < -0.4 is 0 Å². The van der Waals surface area contributed by atoms with Crippen LogP contribution in [0.15, 0.2) is 13.2 Å². The molecule has 0 amide bonds. The van der Waals surface area contributed by atoms with Crippen LogP contribution in [-0.2, 0) is 9.47 Å². The van der Waals surface area contributed by atoms with Crippen LogP contribution in [0.5, 0.6) is 0 Å². The fourth-order valence-corrected chi connectivity index (χ4v) is 0.429. The van der Waals surface area contributed by atoms with Gasteiger partial charge in [0.25, 0.3) is 0 Å². The minimum atomic E-state index is 0.0894. The standard InChI is InChI=1S/C6H14O3.C2H4/c1-2-8-5-6-9-4-3-7;1-2/h7H,2-6H2,1H3;1-2H2. The second-order valence-corrected chi connectivity index (χ2v) is 1.53. The summed E-state index contributed by atoms with van der Waals surface area (Å²) in [7, 11) is 0. The molecule has 11 heavy (non-hydrogen) atoms. The van der Waals surface area contributed by atoms with Gasteiger partial charge in [-0.15, -0.1) is 13.2 Å². The van der Waals surface area contributed by atoms with Gasteiger partial charge in [0, 0.05) is 6.61 Å². The molecule has 1 N–H and O–H groups in total. The zero-order valence-electron chi connectivity index (χ0n) is 7.21. The van der Waals surface area contributed by atoms with E-state index >= 15 is 0 Å². The van der Waals surface area contributed by atoms with Crippen LogP contribution in [0.1, 0.15) is 6.92 Å². The number of ether oxygens (including phenoxy) is 2. The van der Waals surface area contributed by atoms with Gasteiger partial charge in [-0.3, -0.25) is 0 Å². The molecule has 0 radical (unpaired) electrons. The summed E-state index contributed by atoms with van der Waals surface area (Å²) >= 11 is 0. The van der Waals surface area contributed by atoms with E-state index in [-0.39, 0.29) is 6.61 Å². The van der Waals surface area contributed by atoms with Gasteiger partial charge in [0.1, 0.15) is 0 Å². The molecule has 0 fully saturated rings. The molecular formula is C8H18O3. The van der Waals surface area contributed by atoms with Gasteiger partial charge in [0.05, 0.1) is 26.4 Å². The highest BCUT2D eigenvalue weighted by Gasteiger charge is 1.84. The van der Waals surface area contributed by atoms with Crippen LogP contribution in [0.4, 0.5) is 0 Å². The molecule has 0 aromatic rings. The van der Waals surface area contributed by atoms with E-state index in [2.05, 4.69) is 13.2 Å². The van der Waals surface area contributed by atoms with E-state index < -0.39 is 0 Å². The predicted octanol–water partition coefficient (Wildman–Crippen LogP) is 0.834. The van der Waals surface area contributed by atoms with E-state index in [1.165, 1.54) is 0 Å². The molecule has 0 atom stereocenters. The Morgan fingerprint density at radius 3 is 2.09 bits per heavy atom. The van der Waals surface area contributed by atoms with Crippen molar-refractivity contribution in [3.8, 4) is 0 Å². The summed E-state index contributed by atoms with van der Waals surface area (Å²) in [6.07, 6.45) is 0. The quantitative estimate of drug-likeness (QED) is 0.464. The summed E-state index contributed by atoms with van der Waals surface area (Å²) in [6.45, 7) is 10.4. The summed E-state index contributed by atoms with van der Waals surface area (Å²) < 4.78 is 9.88. The first kappa shape index (κ1) is 13.2. The molecule has 0 aliphatic heterocycles. The van der Waals surface area contributed by atoms with Crippen LogP contribution in [0, 0.1) is 0 Å². The molecule has 3 heteroatoms. The highest BCUT2D eigenvalue weighted by Crippen LogP contribution is 1.76. The molecule has 0 aliphatic rings. The molecule has 0 unspecified atom stereocenters. The van der Waals surface area contributed by atoms with E-state index in [1.54, 1.807) is 0 Å². The molecule has 0 aromatic heterocycles. The second kappa shape index (κ2) is 16.3. The van der Waals surface area contributed by atoms with Crippen molar-refractivity contribution in [2.45, 2.75) is 6.92 Å². The van der Waals surface area contributed by atoms with Crippen LogP contribution in [0.3, 0.4) is 0 Å². The SMILES string of the molecule is C=C.CCOCCOCCO. The minimum Gasteiger partial charge on any atom is -0.394 e. The average molecular weight is 162 g/mol. The fourth-order valence-electron chi connectivity index (χ4n) is 0.429. The Labute approximate surface area is 68.6 Å². The maximum Gasteiger partial charge on any atom is 0.0701 e. The van der Waals surface area contributed by atoms with Gasteiger partial charge in [0.15, 0.2) is 0 Å². The molecule has 0 saturated heterocycles. The lowest BCUT2D eigenvalue weighted by atomic mass is 10.7. The van der Waals surface area contributed by atoms with Gasteiger partial charge in [-0.05, 0) is 6.92 Å². The van der Waals surface area contributed by atoms with Crippen molar-refractivity contribution in [3.63, 3.8) is 0 Å². The predicted molar refractivity (Wildman–Crippen MR) is 45.7 cm³/mol. The molecule has 0 aromatic carbocycles. The number of hydrogen-bond acceptors (Lipinski definition) is 3. The molecule has 0 bridgehead atoms. The molecule has 0 heterocycles. The van der Waals surface area contributed by atoms with Gasteiger partial charge in [0.2, 0.25) is 0 Å². The molecule has 3 nitrogen and oxygen atoms in total. The largest absolute Gasteiger partial charge is 0.394 e. The number of rotatable bonds is 6. The highest BCUT2D eigenvalue weighted by atomic mass is 16.5. The summed E-state index contributed by atoms with van der Waals surface area (Å²) in [4.78, 5) is 0. The first-order valence-corrected chi connectivity index (χ1v) is 3.68. The first-order valence-electron chi connectivity index (χ1n) is 3.68. The van der Waals surface area contributed by atoms with Crippen molar-refractivity contribution in [1.29, 1.82) is 0 Å². The lowest BCUT2D eigenvalue weighted by Crippen LogP contribution is -2.06. The Kier molecular flexibility index (Phi) is 19.6. The van der Waals surface area contributed by atoms with Crippen molar-refractivity contribution in [1.82, 2.24) is 0 Å². The summed E-state index contributed by atoms with van der Waals surface area (Å²) in [5.41, 5.74) is 0. The maximum absolute atomic E-state index is 8.26. The molecule has 0 spiro atoms. The van der Waals surface area contributed by atoms with Crippen LogP contribution in [-0.4, -0.2) is 38.1 Å². The maximum atomic E-state index is 8.26. The Hall–Kier alpha value is -0.380. The third-order valence-electron chi connectivity index (χ3n) is 0.812. The number of aliphatic hydroxyl groups is 1. The lowest BCUT2D eigenvalue weighted by Gasteiger charge is -2.00. The third-order valence-corrected chi connectivity index (χ3v) is 0.812. The van der Waals surface area contributed by atoms with Crippen molar-refractivity contribution < 1.29 is 14.6 Å². The van der Waals surface area contributed by atoms with E-state index in [4.69, 9.17) is 14.6 Å². The van der Waals surface area contributed by atoms with Crippen LogP contribution in [0.25, 0.3) is 0 Å². The smallest absolute Gasteiger partial charge is 0.0701 e. The zero-order valence-corrected chi connectivity index (χ0v) is 7.21. The Balaban J connectivity index is 0. The highest BCUT2D eigenvalue weighted by molar-refractivity contribution is 4.28. The third kappa shape index (κ3) is 17.7. The Morgan fingerprint density at radius 1 is 1.09 bits per heavy atom. The van der Waals surface area contributed by atoms with Gasteiger partial charge in [-0.2, -0.15) is 0 Å². The minimum absolute atomic E-state index is 0.0894. The average Bonchev–Trinajstić information content (AvgIpc) is 2.08. The molecule has 0 aliphatic carbocycles. The van der Waals surface area contributed by atoms with E-state index in [0.29, 0.717) is 19.8 Å². The Bertz CT molecular complexity index is 51.3. The molecule has 68 valence electrons. The van der Waals surface area contributed by atoms with Gasteiger partial charge < -0.3 is 14.6 Å². The van der Waals surface area contributed by atoms with Gasteiger partial charge in [-0.1, -0.05) is 0 Å². The summed E-state index contributed by atoms with van der Waals surface area (Å²) in [5.74, 6) is 0. The summed E-state index contributed by atoms with van der Waals surface area (Å²) in [5, 5.41) is 8.26. The fraction of sp³-hybridized carbons (Fsp3) is 0.750. The van der Waals surface area contributed by atoms with E-state index in [1.807, 2.05) is 6.92 Å². The Morgan fingerprint density at radius 2 is 1.64 bits per heavy atom. The van der Waals surface area contributed by atoms with E-state index in [9.17, 15) is 0 Å². The van der Waals surface area contributed by atoms with Crippen molar-refractivity contribution in [3.05, 3.63) is 13.2 Å². The van der Waals surface area contributed by atoms with Crippen molar-refractivity contribution in [2.75, 3.05) is 33.0 Å². The number of hydrogen-bond donors (Lipinski definition) is 1. The monoisotopic (exact) mass is 162 g/mol. The van der Waals surface area contributed by atoms with Crippen molar-refractivity contribution >= 4 is 0 Å².